The van der Waals surface area contributed by atoms with Crippen LogP contribution in [0, 0.1) is 13.8 Å². The Hall–Kier alpha value is -1.28. The third-order valence-corrected chi connectivity index (χ3v) is 2.39. The molecule has 0 heterocycles. The zero-order valence-electron chi connectivity index (χ0n) is 8.13. The van der Waals surface area contributed by atoms with Crippen LogP contribution in [0.15, 0.2) is 24.8 Å². The second-order valence-electron chi connectivity index (χ2n) is 3.00. The van der Waals surface area contributed by atoms with Gasteiger partial charge in [0.05, 0.1) is 0 Å². The highest BCUT2D eigenvalue weighted by atomic mass is 35.5. The molecule has 0 aliphatic rings. The lowest BCUT2D eigenvalue weighted by Crippen LogP contribution is -2.03. The van der Waals surface area contributed by atoms with Crippen molar-refractivity contribution in [3.8, 4) is 5.75 Å². The average Bonchev–Trinajstić information content (AvgIpc) is 2.14. The summed E-state index contributed by atoms with van der Waals surface area (Å²) in [4.78, 5) is 10.9. The topological polar surface area (TPSA) is 26.3 Å². The summed E-state index contributed by atoms with van der Waals surface area (Å²) in [5.74, 6) is 0.0282. The van der Waals surface area contributed by atoms with Crippen LogP contribution in [0.4, 0.5) is 0 Å². The van der Waals surface area contributed by atoms with Gasteiger partial charge in [0.2, 0.25) is 0 Å². The maximum atomic E-state index is 10.9. The van der Waals surface area contributed by atoms with Crippen molar-refractivity contribution < 1.29 is 9.53 Å². The summed E-state index contributed by atoms with van der Waals surface area (Å²) in [5, 5.41) is 0.698. The van der Waals surface area contributed by atoms with Crippen molar-refractivity contribution in [3.63, 3.8) is 0 Å². The minimum Gasteiger partial charge on any atom is -0.423 e. The molecule has 0 radical (unpaired) electrons. The van der Waals surface area contributed by atoms with Gasteiger partial charge in [0.1, 0.15) is 5.75 Å². The van der Waals surface area contributed by atoms with Gasteiger partial charge in [-0.15, -0.1) is 0 Å². The monoisotopic (exact) mass is 210 g/mol. The first-order valence-electron chi connectivity index (χ1n) is 4.15. The summed E-state index contributed by atoms with van der Waals surface area (Å²) < 4.78 is 4.96. The van der Waals surface area contributed by atoms with Crippen molar-refractivity contribution in [1.82, 2.24) is 0 Å². The number of benzene rings is 1. The van der Waals surface area contributed by atoms with Crippen LogP contribution in [-0.2, 0) is 4.79 Å². The van der Waals surface area contributed by atoms with E-state index in [2.05, 4.69) is 6.58 Å². The second kappa shape index (κ2) is 4.29. The lowest BCUT2D eigenvalue weighted by molar-refractivity contribution is -0.128. The molecule has 0 spiro atoms. The van der Waals surface area contributed by atoms with E-state index in [0.29, 0.717) is 10.8 Å². The van der Waals surface area contributed by atoms with Gasteiger partial charge in [-0.3, -0.25) is 0 Å². The molecule has 0 amide bonds. The summed E-state index contributed by atoms with van der Waals surface area (Å²) in [5.41, 5.74) is 1.78. The smallest absolute Gasteiger partial charge is 0.335 e. The maximum absolute atomic E-state index is 10.9. The first-order chi connectivity index (χ1) is 6.54. The Bertz CT molecular complexity index is 360. The molecule has 3 heteroatoms. The molecule has 0 fully saturated rings. The summed E-state index contributed by atoms with van der Waals surface area (Å²) in [6, 6.07) is 3.44. The van der Waals surface area contributed by atoms with E-state index in [9.17, 15) is 4.79 Å². The Morgan fingerprint density at radius 2 is 1.93 bits per heavy atom. The summed E-state index contributed by atoms with van der Waals surface area (Å²) >= 11 is 5.96. The van der Waals surface area contributed by atoms with E-state index in [-0.39, 0.29) is 0 Å². The second-order valence-corrected chi connectivity index (χ2v) is 3.37. The van der Waals surface area contributed by atoms with Crippen molar-refractivity contribution in [2.24, 2.45) is 0 Å². The number of rotatable bonds is 2. The van der Waals surface area contributed by atoms with E-state index < -0.39 is 5.97 Å². The highest BCUT2D eigenvalue weighted by molar-refractivity contribution is 6.32. The lowest BCUT2D eigenvalue weighted by atomic mass is 10.1. The minimum atomic E-state index is -0.467. The highest BCUT2D eigenvalue weighted by Crippen LogP contribution is 2.25. The van der Waals surface area contributed by atoms with Gasteiger partial charge < -0.3 is 4.74 Å². The van der Waals surface area contributed by atoms with Crippen molar-refractivity contribution in [2.45, 2.75) is 13.8 Å². The van der Waals surface area contributed by atoms with E-state index in [1.165, 1.54) is 0 Å². The SMILES string of the molecule is C=CC(=O)Oc1cc(C)c(Cl)c(C)c1. The van der Waals surface area contributed by atoms with Crippen molar-refractivity contribution >= 4 is 17.6 Å². The molecular formula is C11H11ClO2. The van der Waals surface area contributed by atoms with Crippen LogP contribution in [0.3, 0.4) is 0 Å². The number of hydrogen-bond acceptors (Lipinski definition) is 2. The molecule has 0 saturated heterocycles. The zero-order valence-corrected chi connectivity index (χ0v) is 8.89. The average molecular weight is 211 g/mol. The van der Waals surface area contributed by atoms with Crippen LogP contribution in [0.5, 0.6) is 5.75 Å². The molecule has 0 aromatic heterocycles. The number of carbonyl (C=O) groups is 1. The first kappa shape index (κ1) is 10.8. The fourth-order valence-electron chi connectivity index (χ4n) is 1.12. The molecule has 1 aromatic carbocycles. The van der Waals surface area contributed by atoms with Crippen molar-refractivity contribution in [1.29, 1.82) is 0 Å². The molecule has 1 rings (SSSR count). The molecule has 0 aliphatic carbocycles. The summed E-state index contributed by atoms with van der Waals surface area (Å²) in [7, 11) is 0. The quantitative estimate of drug-likeness (QED) is 0.426. The lowest BCUT2D eigenvalue weighted by Gasteiger charge is -2.06. The third kappa shape index (κ3) is 2.36. The molecule has 14 heavy (non-hydrogen) atoms. The molecule has 74 valence electrons. The fourth-order valence-corrected chi connectivity index (χ4v) is 1.23. The van der Waals surface area contributed by atoms with Gasteiger partial charge in [0.25, 0.3) is 0 Å². The normalized spacial score (nSPS) is 9.64. The molecule has 0 atom stereocenters. The van der Waals surface area contributed by atoms with Crippen LogP contribution in [0.1, 0.15) is 11.1 Å². The number of halogens is 1. The summed E-state index contributed by atoms with van der Waals surface area (Å²) in [6.45, 7) is 7.04. The van der Waals surface area contributed by atoms with Gasteiger partial charge in [0, 0.05) is 11.1 Å². The molecular weight excluding hydrogens is 200 g/mol. The number of aryl methyl sites for hydroxylation is 2. The molecule has 1 aromatic rings. The minimum absolute atomic E-state index is 0.467. The van der Waals surface area contributed by atoms with Crippen molar-refractivity contribution in [2.75, 3.05) is 0 Å². The van der Waals surface area contributed by atoms with E-state index in [1.807, 2.05) is 13.8 Å². The van der Waals surface area contributed by atoms with E-state index in [1.54, 1.807) is 12.1 Å². The van der Waals surface area contributed by atoms with E-state index in [0.717, 1.165) is 17.2 Å². The van der Waals surface area contributed by atoms with Crippen LogP contribution in [-0.4, -0.2) is 5.97 Å². The van der Waals surface area contributed by atoms with Gasteiger partial charge >= 0.3 is 5.97 Å². The van der Waals surface area contributed by atoms with Crippen molar-refractivity contribution in [3.05, 3.63) is 40.9 Å². The number of carbonyl (C=O) groups excluding carboxylic acids is 1. The molecule has 0 saturated carbocycles. The first-order valence-corrected chi connectivity index (χ1v) is 4.53. The van der Waals surface area contributed by atoms with Crippen LogP contribution in [0.25, 0.3) is 0 Å². The molecule has 0 bridgehead atoms. The van der Waals surface area contributed by atoms with Crippen LogP contribution in [0.2, 0.25) is 5.02 Å². The van der Waals surface area contributed by atoms with E-state index >= 15 is 0 Å². The third-order valence-electron chi connectivity index (χ3n) is 1.80. The summed E-state index contributed by atoms with van der Waals surface area (Å²) in [6.07, 6.45) is 1.12. The highest BCUT2D eigenvalue weighted by Gasteiger charge is 2.05. The van der Waals surface area contributed by atoms with Gasteiger partial charge in [-0.1, -0.05) is 18.2 Å². The van der Waals surface area contributed by atoms with Crippen LogP contribution >= 0.6 is 11.6 Å². The Balaban J connectivity index is 3.01. The predicted octanol–water partition coefficient (Wildman–Crippen LogP) is 3.05. The largest absolute Gasteiger partial charge is 0.423 e. The molecule has 0 aliphatic heterocycles. The number of ether oxygens (including phenoxy) is 1. The van der Waals surface area contributed by atoms with Gasteiger partial charge in [-0.2, -0.15) is 0 Å². The number of esters is 1. The molecule has 0 N–H and O–H groups in total. The Kier molecular flexibility index (Phi) is 3.31. The standard InChI is InChI=1S/C11H11ClO2/c1-4-10(13)14-9-5-7(2)11(12)8(3)6-9/h4-6H,1H2,2-3H3. The maximum Gasteiger partial charge on any atom is 0.335 e. The van der Waals surface area contributed by atoms with Gasteiger partial charge in [-0.05, 0) is 37.1 Å². The zero-order chi connectivity index (χ0) is 10.7. The predicted molar refractivity (Wildman–Crippen MR) is 56.8 cm³/mol. The Morgan fingerprint density at radius 1 is 1.43 bits per heavy atom. The number of hydrogen-bond donors (Lipinski definition) is 0. The fraction of sp³-hybridized carbons (Fsp3) is 0.182. The molecule has 2 nitrogen and oxygen atoms in total. The van der Waals surface area contributed by atoms with E-state index in [4.69, 9.17) is 16.3 Å². The van der Waals surface area contributed by atoms with Gasteiger partial charge in [0.15, 0.2) is 0 Å². The molecule has 0 unspecified atom stereocenters. The Morgan fingerprint density at radius 3 is 2.36 bits per heavy atom. The Labute approximate surface area is 88.1 Å². The van der Waals surface area contributed by atoms with Crippen LogP contribution < -0.4 is 4.74 Å². The van der Waals surface area contributed by atoms with Gasteiger partial charge in [-0.25, -0.2) is 4.79 Å².